The number of nitriles is 1. The first-order valence-corrected chi connectivity index (χ1v) is 6.66. The van der Waals surface area contributed by atoms with E-state index < -0.39 is 0 Å². The zero-order valence-corrected chi connectivity index (χ0v) is 10.9. The second kappa shape index (κ2) is 6.30. The predicted molar refractivity (Wildman–Crippen MR) is 72.6 cm³/mol. The Bertz CT molecular complexity index is 421. The topological polar surface area (TPSA) is 45.0 Å². The number of nitrogens with zero attached hydrogens (tertiary/aromatic N) is 1. The summed E-state index contributed by atoms with van der Waals surface area (Å²) in [7, 11) is 0. The van der Waals surface area contributed by atoms with Gasteiger partial charge in [0, 0.05) is 24.2 Å². The van der Waals surface area contributed by atoms with Gasteiger partial charge in [0.25, 0.3) is 0 Å². The average molecular weight is 244 g/mol. The number of hydrogen-bond donors (Lipinski definition) is 1. The Morgan fingerprint density at radius 1 is 1.50 bits per heavy atom. The van der Waals surface area contributed by atoms with Gasteiger partial charge in [-0.1, -0.05) is 6.07 Å². The Balaban J connectivity index is 1.82. The molecule has 0 heterocycles. The maximum Gasteiger partial charge on any atom is 0.121 e. The van der Waals surface area contributed by atoms with E-state index in [0.717, 1.165) is 23.8 Å². The van der Waals surface area contributed by atoms with Gasteiger partial charge in [-0.25, -0.2) is 0 Å². The predicted octanol–water partition coefficient (Wildman–Crippen LogP) is 3.58. The van der Waals surface area contributed by atoms with Gasteiger partial charge in [0.15, 0.2) is 0 Å². The highest BCUT2D eigenvalue weighted by Crippen LogP contribution is 2.34. The molecule has 1 N–H and O–H groups in total. The van der Waals surface area contributed by atoms with Gasteiger partial charge in [0.05, 0.1) is 12.7 Å². The minimum atomic E-state index is 0.541. The van der Waals surface area contributed by atoms with Crippen LogP contribution in [0.2, 0.25) is 0 Å². The average Bonchev–Trinajstić information content (AvgIpc) is 3.19. The molecular weight excluding hydrogens is 224 g/mol. The van der Waals surface area contributed by atoms with E-state index in [4.69, 9.17) is 10.00 Å². The van der Waals surface area contributed by atoms with Gasteiger partial charge in [0.2, 0.25) is 0 Å². The number of nitrogens with one attached hydrogen (secondary N) is 1. The SMILES string of the molecule is CC(Nc1cccc(OCCCC#N)c1)C1CC1. The van der Waals surface area contributed by atoms with Gasteiger partial charge in [0.1, 0.15) is 5.75 Å². The number of hydrogen-bond acceptors (Lipinski definition) is 3. The van der Waals surface area contributed by atoms with Crippen LogP contribution in [0.25, 0.3) is 0 Å². The van der Waals surface area contributed by atoms with Crippen LogP contribution in [0.4, 0.5) is 5.69 Å². The lowest BCUT2D eigenvalue weighted by molar-refractivity contribution is 0.313. The van der Waals surface area contributed by atoms with E-state index in [1.165, 1.54) is 12.8 Å². The summed E-state index contributed by atoms with van der Waals surface area (Å²) in [5.41, 5.74) is 1.12. The number of unbranched alkanes of at least 4 members (excludes halogenated alkanes) is 1. The van der Waals surface area contributed by atoms with Crippen LogP contribution in [0.1, 0.15) is 32.6 Å². The molecule has 3 nitrogen and oxygen atoms in total. The van der Waals surface area contributed by atoms with Gasteiger partial charge in [-0.05, 0) is 44.2 Å². The maximum atomic E-state index is 8.45. The van der Waals surface area contributed by atoms with Crippen LogP contribution in [-0.4, -0.2) is 12.6 Å². The fourth-order valence-electron chi connectivity index (χ4n) is 1.99. The Hall–Kier alpha value is -1.69. The minimum Gasteiger partial charge on any atom is -0.493 e. The van der Waals surface area contributed by atoms with E-state index in [1.54, 1.807) is 0 Å². The van der Waals surface area contributed by atoms with Crippen LogP contribution < -0.4 is 10.1 Å². The number of anilines is 1. The molecule has 1 saturated carbocycles. The summed E-state index contributed by atoms with van der Waals surface area (Å²) in [6.07, 6.45) is 4.03. The summed E-state index contributed by atoms with van der Waals surface area (Å²) in [5.74, 6) is 1.71. The normalized spacial score (nSPS) is 15.8. The lowest BCUT2D eigenvalue weighted by atomic mass is 10.2. The minimum absolute atomic E-state index is 0.541. The molecule has 1 fully saturated rings. The van der Waals surface area contributed by atoms with E-state index >= 15 is 0 Å². The molecule has 1 aromatic carbocycles. The van der Waals surface area contributed by atoms with Crippen molar-refractivity contribution >= 4 is 5.69 Å². The molecule has 0 aromatic heterocycles. The molecule has 0 radical (unpaired) electrons. The number of ether oxygens (including phenoxy) is 1. The quantitative estimate of drug-likeness (QED) is 0.746. The Labute approximate surface area is 109 Å². The van der Waals surface area contributed by atoms with E-state index in [2.05, 4.69) is 24.4 Å². The smallest absolute Gasteiger partial charge is 0.121 e. The Kier molecular flexibility index (Phi) is 4.46. The molecule has 0 bridgehead atoms. The van der Waals surface area contributed by atoms with Crippen molar-refractivity contribution in [3.05, 3.63) is 24.3 Å². The molecule has 1 aromatic rings. The van der Waals surface area contributed by atoms with E-state index in [-0.39, 0.29) is 0 Å². The van der Waals surface area contributed by atoms with Crippen LogP contribution in [0.5, 0.6) is 5.75 Å². The second-order valence-corrected chi connectivity index (χ2v) is 4.91. The molecule has 0 amide bonds. The molecule has 3 heteroatoms. The van der Waals surface area contributed by atoms with Crippen molar-refractivity contribution in [2.75, 3.05) is 11.9 Å². The standard InChI is InChI=1S/C15H20N2O/c1-12(13-7-8-13)17-14-5-4-6-15(11-14)18-10-3-2-9-16/h4-6,11-13,17H,2-3,7-8,10H2,1H3. The maximum absolute atomic E-state index is 8.45. The summed E-state index contributed by atoms with van der Waals surface area (Å²) < 4.78 is 5.62. The van der Waals surface area contributed by atoms with Gasteiger partial charge in [-0.2, -0.15) is 5.26 Å². The van der Waals surface area contributed by atoms with Crippen molar-refractivity contribution in [3.8, 4) is 11.8 Å². The summed E-state index contributed by atoms with van der Waals surface area (Å²) in [4.78, 5) is 0. The molecule has 1 atom stereocenters. The molecule has 96 valence electrons. The number of benzene rings is 1. The molecule has 1 unspecified atom stereocenters. The van der Waals surface area contributed by atoms with E-state index in [9.17, 15) is 0 Å². The van der Waals surface area contributed by atoms with Crippen LogP contribution >= 0.6 is 0 Å². The van der Waals surface area contributed by atoms with Gasteiger partial charge in [-0.15, -0.1) is 0 Å². The molecule has 1 aliphatic rings. The molecule has 2 rings (SSSR count). The summed E-state index contributed by atoms with van der Waals surface area (Å²) >= 11 is 0. The molecular formula is C15H20N2O. The fraction of sp³-hybridized carbons (Fsp3) is 0.533. The van der Waals surface area contributed by atoms with Crippen molar-refractivity contribution in [2.45, 2.75) is 38.6 Å². The summed E-state index contributed by atoms with van der Waals surface area (Å²) in [6.45, 7) is 2.84. The molecule has 18 heavy (non-hydrogen) atoms. The molecule has 0 aliphatic heterocycles. The van der Waals surface area contributed by atoms with Crippen molar-refractivity contribution in [3.63, 3.8) is 0 Å². The first-order chi connectivity index (χ1) is 8.79. The Morgan fingerprint density at radius 3 is 3.06 bits per heavy atom. The highest BCUT2D eigenvalue weighted by Gasteiger charge is 2.27. The zero-order chi connectivity index (χ0) is 12.8. The van der Waals surface area contributed by atoms with Crippen LogP contribution in [0.15, 0.2) is 24.3 Å². The van der Waals surface area contributed by atoms with Gasteiger partial charge >= 0.3 is 0 Å². The summed E-state index contributed by atoms with van der Waals surface area (Å²) in [6, 6.07) is 10.7. The van der Waals surface area contributed by atoms with Crippen molar-refractivity contribution in [1.82, 2.24) is 0 Å². The van der Waals surface area contributed by atoms with Crippen molar-refractivity contribution < 1.29 is 4.74 Å². The zero-order valence-electron chi connectivity index (χ0n) is 10.9. The van der Waals surface area contributed by atoms with E-state index in [1.807, 2.05) is 18.2 Å². The van der Waals surface area contributed by atoms with Gasteiger partial charge in [-0.3, -0.25) is 0 Å². The molecule has 0 spiro atoms. The first kappa shape index (κ1) is 12.8. The Morgan fingerprint density at radius 2 is 2.33 bits per heavy atom. The monoisotopic (exact) mass is 244 g/mol. The van der Waals surface area contributed by atoms with Crippen LogP contribution in [-0.2, 0) is 0 Å². The third-order valence-electron chi connectivity index (χ3n) is 3.26. The largest absolute Gasteiger partial charge is 0.493 e. The van der Waals surface area contributed by atoms with Crippen molar-refractivity contribution in [2.24, 2.45) is 5.92 Å². The van der Waals surface area contributed by atoms with Crippen molar-refractivity contribution in [1.29, 1.82) is 5.26 Å². The van der Waals surface area contributed by atoms with E-state index in [0.29, 0.717) is 19.1 Å². The third kappa shape index (κ3) is 3.96. The lowest BCUT2D eigenvalue weighted by Gasteiger charge is -2.15. The molecule has 0 saturated heterocycles. The van der Waals surface area contributed by atoms with Crippen LogP contribution in [0.3, 0.4) is 0 Å². The van der Waals surface area contributed by atoms with Gasteiger partial charge < -0.3 is 10.1 Å². The highest BCUT2D eigenvalue weighted by molar-refractivity contribution is 5.49. The number of rotatable bonds is 7. The third-order valence-corrected chi connectivity index (χ3v) is 3.26. The summed E-state index contributed by atoms with van der Waals surface area (Å²) in [5, 5.41) is 12.0. The lowest BCUT2D eigenvalue weighted by Crippen LogP contribution is -2.17. The fourth-order valence-corrected chi connectivity index (χ4v) is 1.99. The molecule has 1 aliphatic carbocycles. The second-order valence-electron chi connectivity index (χ2n) is 4.91. The van der Waals surface area contributed by atoms with Crippen LogP contribution in [0, 0.1) is 17.2 Å². The highest BCUT2D eigenvalue weighted by atomic mass is 16.5. The first-order valence-electron chi connectivity index (χ1n) is 6.66.